The zero-order chi connectivity index (χ0) is 16.9. The number of ether oxygens (including phenoxy) is 2. The fourth-order valence-electron chi connectivity index (χ4n) is 2.76. The molecule has 0 bridgehead atoms. The van der Waals surface area contributed by atoms with Crippen molar-refractivity contribution in [2.45, 2.75) is 0 Å². The van der Waals surface area contributed by atoms with Gasteiger partial charge in [-0.25, -0.2) is 0 Å². The average molecular weight is 318 g/mol. The van der Waals surface area contributed by atoms with E-state index in [0.717, 1.165) is 40.0 Å². The first-order valence-corrected chi connectivity index (χ1v) is 7.64. The van der Waals surface area contributed by atoms with E-state index >= 15 is 0 Å². The minimum absolute atomic E-state index is 0.661. The maximum atomic E-state index is 11.6. The number of methoxy groups -OCH3 is 2. The molecule has 0 unspecified atom stereocenters. The Morgan fingerprint density at radius 2 is 1.25 bits per heavy atom. The average Bonchev–Trinajstić information content (AvgIpc) is 2.67. The summed E-state index contributed by atoms with van der Waals surface area (Å²) in [5.41, 5.74) is 4.59. The van der Waals surface area contributed by atoms with E-state index in [1.807, 2.05) is 66.7 Å². The van der Waals surface area contributed by atoms with Crippen LogP contribution < -0.4 is 9.47 Å². The van der Waals surface area contributed by atoms with Gasteiger partial charge in [-0.3, -0.25) is 4.79 Å². The Balaban J connectivity index is 2.16. The Morgan fingerprint density at radius 1 is 0.708 bits per heavy atom. The number of carbonyl (C=O) groups excluding carboxylic acids is 1. The van der Waals surface area contributed by atoms with Crippen LogP contribution in [0.3, 0.4) is 0 Å². The van der Waals surface area contributed by atoms with Gasteiger partial charge in [-0.2, -0.15) is 0 Å². The number of aldehydes is 1. The molecule has 0 aliphatic carbocycles. The van der Waals surface area contributed by atoms with Crippen molar-refractivity contribution in [2.24, 2.45) is 0 Å². The molecule has 0 aliphatic heterocycles. The predicted molar refractivity (Wildman–Crippen MR) is 95.8 cm³/mol. The molecule has 0 fully saturated rings. The number of carbonyl (C=O) groups is 1. The zero-order valence-electron chi connectivity index (χ0n) is 13.7. The SMILES string of the molecule is COc1ccc(-c2cccc(C=O)c2-c2ccc(OC)cc2)cc1. The molecule has 0 aliphatic rings. The Kier molecular flexibility index (Phi) is 4.62. The van der Waals surface area contributed by atoms with Gasteiger partial charge in [0.25, 0.3) is 0 Å². The third-order valence-electron chi connectivity index (χ3n) is 4.00. The molecule has 0 aromatic heterocycles. The van der Waals surface area contributed by atoms with Crippen LogP contribution in [-0.4, -0.2) is 20.5 Å². The first-order chi connectivity index (χ1) is 11.8. The summed E-state index contributed by atoms with van der Waals surface area (Å²) in [5.74, 6) is 1.59. The van der Waals surface area contributed by atoms with Gasteiger partial charge in [0, 0.05) is 5.56 Å². The van der Waals surface area contributed by atoms with Crippen LogP contribution in [0.1, 0.15) is 10.4 Å². The second kappa shape index (κ2) is 7.01. The summed E-state index contributed by atoms with van der Waals surface area (Å²) < 4.78 is 10.4. The Bertz CT molecular complexity index is 834. The van der Waals surface area contributed by atoms with Crippen molar-refractivity contribution in [2.75, 3.05) is 14.2 Å². The number of hydrogen-bond acceptors (Lipinski definition) is 3. The fourth-order valence-corrected chi connectivity index (χ4v) is 2.76. The predicted octanol–water partition coefficient (Wildman–Crippen LogP) is 4.85. The third-order valence-corrected chi connectivity index (χ3v) is 4.00. The molecule has 0 heterocycles. The minimum Gasteiger partial charge on any atom is -0.497 e. The quantitative estimate of drug-likeness (QED) is 0.631. The molecule has 3 nitrogen and oxygen atoms in total. The van der Waals surface area contributed by atoms with Crippen LogP contribution in [-0.2, 0) is 0 Å². The normalized spacial score (nSPS) is 10.2. The van der Waals surface area contributed by atoms with Gasteiger partial charge >= 0.3 is 0 Å². The molecule has 0 amide bonds. The summed E-state index contributed by atoms with van der Waals surface area (Å²) in [7, 11) is 3.28. The molecule has 24 heavy (non-hydrogen) atoms. The second-order valence-electron chi connectivity index (χ2n) is 5.34. The zero-order valence-corrected chi connectivity index (χ0v) is 13.7. The molecule has 0 atom stereocenters. The van der Waals surface area contributed by atoms with E-state index in [4.69, 9.17) is 9.47 Å². The summed E-state index contributed by atoms with van der Waals surface area (Å²) in [6, 6.07) is 21.3. The van der Waals surface area contributed by atoms with Crippen LogP contribution in [0.2, 0.25) is 0 Å². The van der Waals surface area contributed by atoms with Crippen molar-refractivity contribution < 1.29 is 14.3 Å². The van der Waals surface area contributed by atoms with Gasteiger partial charge in [0.05, 0.1) is 14.2 Å². The fraction of sp³-hybridized carbons (Fsp3) is 0.0952. The second-order valence-corrected chi connectivity index (χ2v) is 5.34. The molecule has 120 valence electrons. The number of benzene rings is 3. The standard InChI is InChI=1S/C21H18O3/c1-23-18-10-6-15(7-11-18)20-5-3-4-17(14-22)21(20)16-8-12-19(24-2)13-9-16/h3-14H,1-2H3. The Hall–Kier alpha value is -3.07. The van der Waals surface area contributed by atoms with E-state index in [2.05, 4.69) is 0 Å². The van der Waals surface area contributed by atoms with Gasteiger partial charge in [-0.05, 0) is 46.5 Å². The highest BCUT2D eigenvalue weighted by atomic mass is 16.5. The molecule has 0 N–H and O–H groups in total. The summed E-state index contributed by atoms with van der Waals surface area (Å²) in [5, 5.41) is 0. The van der Waals surface area contributed by atoms with E-state index in [9.17, 15) is 4.79 Å². The molecular formula is C21H18O3. The Morgan fingerprint density at radius 3 is 1.75 bits per heavy atom. The number of hydrogen-bond donors (Lipinski definition) is 0. The van der Waals surface area contributed by atoms with Gasteiger partial charge in [0.1, 0.15) is 11.5 Å². The smallest absolute Gasteiger partial charge is 0.150 e. The van der Waals surface area contributed by atoms with Gasteiger partial charge < -0.3 is 9.47 Å². The van der Waals surface area contributed by atoms with Crippen LogP contribution in [0.4, 0.5) is 0 Å². The molecule has 3 rings (SSSR count). The maximum Gasteiger partial charge on any atom is 0.150 e. The molecule has 0 saturated carbocycles. The lowest BCUT2D eigenvalue weighted by molar-refractivity contribution is 0.112. The topological polar surface area (TPSA) is 35.5 Å². The van der Waals surface area contributed by atoms with E-state index in [1.54, 1.807) is 14.2 Å². The minimum atomic E-state index is 0.661. The largest absolute Gasteiger partial charge is 0.497 e. The van der Waals surface area contributed by atoms with Gasteiger partial charge in [-0.15, -0.1) is 0 Å². The van der Waals surface area contributed by atoms with Crippen LogP contribution in [0.15, 0.2) is 66.7 Å². The van der Waals surface area contributed by atoms with Crippen molar-refractivity contribution in [3.63, 3.8) is 0 Å². The lowest BCUT2D eigenvalue weighted by Gasteiger charge is -2.13. The first-order valence-electron chi connectivity index (χ1n) is 7.64. The number of rotatable bonds is 5. The van der Waals surface area contributed by atoms with Crippen LogP contribution in [0, 0.1) is 0 Å². The monoisotopic (exact) mass is 318 g/mol. The van der Waals surface area contributed by atoms with Crippen LogP contribution >= 0.6 is 0 Å². The van der Waals surface area contributed by atoms with Crippen LogP contribution in [0.25, 0.3) is 22.3 Å². The van der Waals surface area contributed by atoms with Crippen LogP contribution in [0.5, 0.6) is 11.5 Å². The highest BCUT2D eigenvalue weighted by Crippen LogP contribution is 2.35. The van der Waals surface area contributed by atoms with E-state index in [-0.39, 0.29) is 0 Å². The molecule has 3 heteroatoms. The highest BCUT2D eigenvalue weighted by Gasteiger charge is 2.12. The van der Waals surface area contributed by atoms with Crippen molar-refractivity contribution in [1.29, 1.82) is 0 Å². The molecule has 0 radical (unpaired) electrons. The van der Waals surface area contributed by atoms with E-state index in [1.165, 1.54) is 0 Å². The lowest BCUT2D eigenvalue weighted by atomic mass is 9.91. The maximum absolute atomic E-state index is 11.6. The molecule has 0 spiro atoms. The molecule has 3 aromatic carbocycles. The summed E-state index contributed by atoms with van der Waals surface area (Å²) >= 11 is 0. The molecular weight excluding hydrogens is 300 g/mol. The summed E-state index contributed by atoms with van der Waals surface area (Å²) in [4.78, 5) is 11.6. The summed E-state index contributed by atoms with van der Waals surface area (Å²) in [6.45, 7) is 0. The van der Waals surface area contributed by atoms with Gasteiger partial charge in [-0.1, -0.05) is 42.5 Å². The Labute approximate surface area is 141 Å². The van der Waals surface area contributed by atoms with Crippen molar-refractivity contribution in [3.8, 4) is 33.8 Å². The summed E-state index contributed by atoms with van der Waals surface area (Å²) in [6.07, 6.45) is 0.895. The molecule has 0 saturated heterocycles. The van der Waals surface area contributed by atoms with E-state index in [0.29, 0.717) is 5.56 Å². The highest BCUT2D eigenvalue weighted by molar-refractivity contribution is 5.96. The van der Waals surface area contributed by atoms with Crippen molar-refractivity contribution in [3.05, 3.63) is 72.3 Å². The lowest BCUT2D eigenvalue weighted by Crippen LogP contribution is -1.93. The van der Waals surface area contributed by atoms with Gasteiger partial charge in [0.15, 0.2) is 6.29 Å². The van der Waals surface area contributed by atoms with Crippen molar-refractivity contribution >= 4 is 6.29 Å². The van der Waals surface area contributed by atoms with E-state index < -0.39 is 0 Å². The first kappa shape index (κ1) is 15.8. The van der Waals surface area contributed by atoms with Gasteiger partial charge in [0.2, 0.25) is 0 Å². The van der Waals surface area contributed by atoms with Crippen molar-refractivity contribution in [1.82, 2.24) is 0 Å². The third kappa shape index (κ3) is 3.01. The molecule has 3 aromatic rings.